The van der Waals surface area contributed by atoms with Crippen molar-refractivity contribution >= 4 is 35.4 Å². The Hall–Kier alpha value is -3.82. The summed E-state index contributed by atoms with van der Waals surface area (Å²) in [6, 6.07) is 5.13. The van der Waals surface area contributed by atoms with Gasteiger partial charge in [-0.3, -0.25) is 9.59 Å². The number of carbonyl (C=O) groups excluding carboxylic acids is 2. The summed E-state index contributed by atoms with van der Waals surface area (Å²) in [5, 5.41) is 37.7. The standard InChI is InChI=1S/C18H8O10.Cu/c19-13-5-3-1-2-4-6(5)14(20)8-7(13)9(15(21)22)11(17(25)26)12(18(27)28)10(8)16(23)24;/h1-4H,(H,21,22)(H,23,24)(H,25,26)(H,27,28);. The van der Waals surface area contributed by atoms with Crippen LogP contribution in [-0.4, -0.2) is 55.9 Å². The topological polar surface area (TPSA) is 183 Å². The van der Waals surface area contributed by atoms with Gasteiger partial charge in [0.1, 0.15) is 0 Å². The summed E-state index contributed by atoms with van der Waals surface area (Å²) in [6.45, 7) is 0. The van der Waals surface area contributed by atoms with E-state index in [1.165, 1.54) is 24.3 Å². The van der Waals surface area contributed by atoms with Crippen molar-refractivity contribution in [1.82, 2.24) is 0 Å². The number of aromatic carboxylic acids is 4. The van der Waals surface area contributed by atoms with Gasteiger partial charge in [0, 0.05) is 28.2 Å². The van der Waals surface area contributed by atoms with E-state index in [0.29, 0.717) is 0 Å². The fraction of sp³-hybridized carbons (Fsp3) is 0. The first kappa shape index (κ1) is 21.5. The zero-order valence-corrected chi connectivity index (χ0v) is 14.8. The van der Waals surface area contributed by atoms with Crippen LogP contribution in [0.2, 0.25) is 0 Å². The minimum Gasteiger partial charge on any atom is -0.478 e. The van der Waals surface area contributed by atoms with Crippen LogP contribution >= 0.6 is 0 Å². The summed E-state index contributed by atoms with van der Waals surface area (Å²) >= 11 is 0. The molecule has 11 heteroatoms. The molecule has 0 heterocycles. The molecule has 0 aliphatic heterocycles. The second kappa shape index (κ2) is 7.30. The molecular weight excluding hydrogens is 440 g/mol. The van der Waals surface area contributed by atoms with Crippen LogP contribution < -0.4 is 0 Å². The predicted molar refractivity (Wildman–Crippen MR) is 87.6 cm³/mol. The van der Waals surface area contributed by atoms with Crippen molar-refractivity contribution in [3.05, 3.63) is 68.8 Å². The largest absolute Gasteiger partial charge is 0.478 e. The molecule has 1 aliphatic rings. The fourth-order valence-electron chi connectivity index (χ4n) is 3.21. The summed E-state index contributed by atoms with van der Waals surface area (Å²) in [7, 11) is 0. The number of fused-ring (bicyclic) bond motifs is 2. The Kier molecular flexibility index (Phi) is 5.41. The molecule has 2 aromatic carbocycles. The summed E-state index contributed by atoms with van der Waals surface area (Å²) in [5.74, 6) is -10.3. The van der Waals surface area contributed by atoms with Gasteiger partial charge in [-0.05, 0) is 0 Å². The van der Waals surface area contributed by atoms with Gasteiger partial charge in [-0.15, -0.1) is 0 Å². The Morgan fingerprint density at radius 3 is 1.07 bits per heavy atom. The van der Waals surface area contributed by atoms with Crippen molar-refractivity contribution in [3.63, 3.8) is 0 Å². The van der Waals surface area contributed by atoms with Crippen LogP contribution in [-0.2, 0) is 17.1 Å². The van der Waals surface area contributed by atoms with Crippen molar-refractivity contribution in [2.45, 2.75) is 0 Å². The molecule has 1 radical (unpaired) electrons. The summed E-state index contributed by atoms with van der Waals surface area (Å²) < 4.78 is 0. The number of carboxylic acids is 4. The van der Waals surface area contributed by atoms with Crippen molar-refractivity contribution < 1.29 is 66.3 Å². The van der Waals surface area contributed by atoms with Crippen LogP contribution in [0, 0.1) is 0 Å². The predicted octanol–water partition coefficient (Wildman–Crippen LogP) is 1.25. The second-order valence-corrected chi connectivity index (χ2v) is 5.67. The molecule has 151 valence electrons. The van der Waals surface area contributed by atoms with Gasteiger partial charge in [-0.2, -0.15) is 0 Å². The molecule has 3 rings (SSSR count). The van der Waals surface area contributed by atoms with E-state index in [9.17, 15) is 49.2 Å². The minimum absolute atomic E-state index is 0. The maximum Gasteiger partial charge on any atom is 0.337 e. The van der Waals surface area contributed by atoms with Crippen molar-refractivity contribution in [2.75, 3.05) is 0 Å². The maximum absolute atomic E-state index is 12.9. The van der Waals surface area contributed by atoms with Crippen LogP contribution in [0.15, 0.2) is 24.3 Å². The molecule has 0 amide bonds. The Morgan fingerprint density at radius 1 is 0.552 bits per heavy atom. The van der Waals surface area contributed by atoms with E-state index in [-0.39, 0.29) is 28.2 Å². The number of rotatable bonds is 4. The van der Waals surface area contributed by atoms with Crippen LogP contribution in [0.3, 0.4) is 0 Å². The molecule has 10 nitrogen and oxygen atoms in total. The van der Waals surface area contributed by atoms with Crippen LogP contribution in [0.4, 0.5) is 0 Å². The average molecular weight is 448 g/mol. The molecule has 0 saturated heterocycles. The molecule has 0 bridgehead atoms. The zero-order chi connectivity index (χ0) is 20.9. The van der Waals surface area contributed by atoms with Gasteiger partial charge >= 0.3 is 23.9 Å². The molecular formula is C18H8CuO10. The zero-order valence-electron chi connectivity index (χ0n) is 13.8. The third-order valence-electron chi connectivity index (χ3n) is 4.23. The molecule has 0 unspecified atom stereocenters. The van der Waals surface area contributed by atoms with Gasteiger partial charge in [0.05, 0.1) is 33.4 Å². The first-order chi connectivity index (χ1) is 13.1. The first-order valence-corrected chi connectivity index (χ1v) is 7.45. The Labute approximate surface area is 170 Å². The van der Waals surface area contributed by atoms with Crippen molar-refractivity contribution in [3.8, 4) is 0 Å². The van der Waals surface area contributed by atoms with Crippen molar-refractivity contribution in [2.24, 2.45) is 0 Å². The number of benzene rings is 2. The normalized spacial score (nSPS) is 11.7. The van der Waals surface area contributed by atoms with Crippen LogP contribution in [0.1, 0.15) is 73.3 Å². The maximum atomic E-state index is 12.9. The van der Waals surface area contributed by atoms with Gasteiger partial charge in [0.25, 0.3) is 0 Å². The van der Waals surface area contributed by atoms with Gasteiger partial charge in [0.2, 0.25) is 0 Å². The van der Waals surface area contributed by atoms with Crippen molar-refractivity contribution in [1.29, 1.82) is 0 Å². The molecule has 2 aromatic rings. The molecule has 0 fully saturated rings. The van der Waals surface area contributed by atoms with Gasteiger partial charge in [-0.1, -0.05) is 24.3 Å². The molecule has 0 spiro atoms. The summed E-state index contributed by atoms with van der Waals surface area (Å²) in [5.41, 5.74) is -7.72. The first-order valence-electron chi connectivity index (χ1n) is 7.45. The van der Waals surface area contributed by atoms with Crippen LogP contribution in [0.5, 0.6) is 0 Å². The van der Waals surface area contributed by atoms with E-state index < -0.39 is 68.8 Å². The van der Waals surface area contributed by atoms with E-state index in [1.54, 1.807) is 0 Å². The number of hydrogen-bond acceptors (Lipinski definition) is 6. The number of ketones is 2. The molecule has 29 heavy (non-hydrogen) atoms. The minimum atomic E-state index is -2.07. The summed E-state index contributed by atoms with van der Waals surface area (Å²) in [6.07, 6.45) is 0. The molecule has 0 aromatic heterocycles. The van der Waals surface area contributed by atoms with E-state index in [2.05, 4.69) is 0 Å². The summed E-state index contributed by atoms with van der Waals surface area (Å²) in [4.78, 5) is 72.5. The van der Waals surface area contributed by atoms with E-state index in [1.807, 2.05) is 0 Å². The second-order valence-electron chi connectivity index (χ2n) is 5.67. The molecule has 4 N–H and O–H groups in total. The average Bonchev–Trinajstić information content (AvgIpc) is 2.63. The monoisotopic (exact) mass is 447 g/mol. The third-order valence-corrected chi connectivity index (χ3v) is 4.23. The SMILES string of the molecule is O=C(O)c1c(C(=O)O)c(C(=O)O)c2c(c1C(=O)O)C(=O)c1ccccc1C2=O.[Cu]. The van der Waals surface area contributed by atoms with E-state index >= 15 is 0 Å². The fourth-order valence-corrected chi connectivity index (χ4v) is 3.21. The molecule has 1 aliphatic carbocycles. The van der Waals surface area contributed by atoms with E-state index in [4.69, 9.17) is 0 Å². The van der Waals surface area contributed by atoms with Gasteiger partial charge in [-0.25, -0.2) is 19.2 Å². The van der Waals surface area contributed by atoms with Crippen LogP contribution in [0.25, 0.3) is 0 Å². The smallest absolute Gasteiger partial charge is 0.337 e. The quantitative estimate of drug-likeness (QED) is 0.424. The third kappa shape index (κ3) is 2.98. The number of hydrogen-bond donors (Lipinski definition) is 4. The molecule has 0 saturated carbocycles. The van der Waals surface area contributed by atoms with Gasteiger partial charge < -0.3 is 20.4 Å². The van der Waals surface area contributed by atoms with E-state index in [0.717, 1.165) is 0 Å². The molecule has 0 atom stereocenters. The van der Waals surface area contributed by atoms with Gasteiger partial charge in [0.15, 0.2) is 11.6 Å². The Bertz CT molecular complexity index is 1070. The Balaban J connectivity index is 0.00000300. The number of carbonyl (C=O) groups is 6. The number of carboxylic acid groups (broad SMARTS) is 4. The Morgan fingerprint density at radius 2 is 0.828 bits per heavy atom.